The highest BCUT2D eigenvalue weighted by molar-refractivity contribution is 7.92. The zero-order chi connectivity index (χ0) is 23.3. The summed E-state index contributed by atoms with van der Waals surface area (Å²) in [5.41, 5.74) is 1.45. The number of benzene rings is 3. The molecular formula is C25H25ClN2O4S. The SMILES string of the molecule is O=C(NC[C@@H]1CCCO1)c1cccc(S(=O)(=O)N(Cc2ccccc2)c2ccccc2Cl)c1. The van der Waals surface area contributed by atoms with Crippen LogP contribution in [0, 0.1) is 0 Å². The number of sulfonamides is 1. The summed E-state index contributed by atoms with van der Waals surface area (Å²) in [4.78, 5) is 12.7. The van der Waals surface area contributed by atoms with Gasteiger partial charge in [0.15, 0.2) is 0 Å². The Morgan fingerprint density at radius 1 is 1.03 bits per heavy atom. The number of rotatable bonds is 8. The molecule has 0 aliphatic carbocycles. The summed E-state index contributed by atoms with van der Waals surface area (Å²) in [6, 6.07) is 22.1. The van der Waals surface area contributed by atoms with Crippen molar-refractivity contribution in [2.24, 2.45) is 0 Å². The number of carbonyl (C=O) groups is 1. The average Bonchev–Trinajstić information content (AvgIpc) is 3.36. The Morgan fingerprint density at radius 3 is 2.52 bits per heavy atom. The van der Waals surface area contributed by atoms with Gasteiger partial charge in [0.25, 0.3) is 15.9 Å². The number of hydrogen-bond acceptors (Lipinski definition) is 4. The molecule has 172 valence electrons. The fraction of sp³-hybridized carbons (Fsp3) is 0.240. The first-order valence-electron chi connectivity index (χ1n) is 10.8. The maximum atomic E-state index is 13.7. The van der Waals surface area contributed by atoms with E-state index >= 15 is 0 Å². The molecule has 1 fully saturated rings. The third-order valence-corrected chi connectivity index (χ3v) is 7.56. The van der Waals surface area contributed by atoms with Gasteiger partial charge in [-0.15, -0.1) is 0 Å². The van der Waals surface area contributed by atoms with Crippen LogP contribution < -0.4 is 9.62 Å². The zero-order valence-electron chi connectivity index (χ0n) is 18.0. The summed E-state index contributed by atoms with van der Waals surface area (Å²) in [5.74, 6) is -0.338. The van der Waals surface area contributed by atoms with Crippen molar-refractivity contribution in [1.29, 1.82) is 0 Å². The van der Waals surface area contributed by atoms with E-state index in [1.54, 1.807) is 36.4 Å². The molecule has 33 heavy (non-hydrogen) atoms. The molecule has 4 rings (SSSR count). The molecule has 3 aromatic carbocycles. The summed E-state index contributed by atoms with van der Waals surface area (Å²) in [5, 5.41) is 3.16. The smallest absolute Gasteiger partial charge is 0.264 e. The van der Waals surface area contributed by atoms with Gasteiger partial charge in [-0.25, -0.2) is 8.42 Å². The van der Waals surface area contributed by atoms with Crippen LogP contribution in [0.4, 0.5) is 5.69 Å². The van der Waals surface area contributed by atoms with Crippen molar-refractivity contribution in [2.45, 2.75) is 30.4 Å². The number of carbonyl (C=O) groups excluding carboxylic acids is 1. The molecule has 1 aliphatic rings. The summed E-state index contributed by atoms with van der Waals surface area (Å²) < 4.78 is 34.3. The number of para-hydroxylation sites is 1. The molecule has 0 spiro atoms. The summed E-state index contributed by atoms with van der Waals surface area (Å²) in [6.45, 7) is 1.20. The Labute approximate surface area is 199 Å². The van der Waals surface area contributed by atoms with Crippen molar-refractivity contribution in [1.82, 2.24) is 5.32 Å². The number of nitrogens with one attached hydrogen (secondary N) is 1. The van der Waals surface area contributed by atoms with Crippen molar-refractivity contribution >= 4 is 33.2 Å². The lowest BCUT2D eigenvalue weighted by molar-refractivity contribution is 0.0857. The number of amides is 1. The maximum Gasteiger partial charge on any atom is 0.264 e. The van der Waals surface area contributed by atoms with Crippen molar-refractivity contribution in [3.8, 4) is 0 Å². The van der Waals surface area contributed by atoms with Gasteiger partial charge in [-0.05, 0) is 48.7 Å². The highest BCUT2D eigenvalue weighted by Gasteiger charge is 2.27. The van der Waals surface area contributed by atoms with Crippen molar-refractivity contribution < 1.29 is 17.9 Å². The van der Waals surface area contributed by atoms with E-state index in [1.165, 1.54) is 16.4 Å². The van der Waals surface area contributed by atoms with E-state index in [0.29, 0.717) is 23.9 Å². The van der Waals surface area contributed by atoms with Crippen LogP contribution in [0.15, 0.2) is 83.8 Å². The van der Waals surface area contributed by atoms with Crippen LogP contribution in [0.25, 0.3) is 0 Å². The third kappa shape index (κ3) is 5.55. The first-order valence-corrected chi connectivity index (χ1v) is 12.6. The van der Waals surface area contributed by atoms with Crippen LogP contribution in [0.5, 0.6) is 0 Å². The Kier molecular flexibility index (Phi) is 7.33. The summed E-state index contributed by atoms with van der Waals surface area (Å²) in [7, 11) is -4.02. The van der Waals surface area contributed by atoms with Crippen LogP contribution in [0.3, 0.4) is 0 Å². The predicted molar refractivity (Wildman–Crippen MR) is 129 cm³/mol. The number of nitrogens with zero attached hydrogens (tertiary/aromatic N) is 1. The first-order chi connectivity index (χ1) is 15.9. The number of anilines is 1. The summed E-state index contributed by atoms with van der Waals surface area (Å²) in [6.07, 6.45) is 1.89. The fourth-order valence-corrected chi connectivity index (χ4v) is 5.55. The molecule has 1 N–H and O–H groups in total. The molecule has 1 heterocycles. The number of hydrogen-bond donors (Lipinski definition) is 1. The maximum absolute atomic E-state index is 13.7. The lowest BCUT2D eigenvalue weighted by Gasteiger charge is -2.26. The molecular weight excluding hydrogens is 460 g/mol. The fourth-order valence-electron chi connectivity index (χ4n) is 3.74. The largest absolute Gasteiger partial charge is 0.376 e. The number of ether oxygens (including phenoxy) is 1. The Balaban J connectivity index is 1.64. The van der Waals surface area contributed by atoms with Crippen LogP contribution >= 0.6 is 11.6 Å². The second-order valence-electron chi connectivity index (χ2n) is 7.82. The van der Waals surface area contributed by atoms with Crippen LogP contribution in [0.2, 0.25) is 5.02 Å². The van der Waals surface area contributed by atoms with Gasteiger partial charge in [0.05, 0.1) is 28.3 Å². The third-order valence-electron chi connectivity index (χ3n) is 5.49. The quantitative estimate of drug-likeness (QED) is 0.505. The molecule has 0 bridgehead atoms. The molecule has 1 aliphatic heterocycles. The molecule has 0 saturated carbocycles. The molecule has 0 unspecified atom stereocenters. The van der Waals surface area contributed by atoms with E-state index < -0.39 is 10.0 Å². The molecule has 6 nitrogen and oxygen atoms in total. The van der Waals surface area contributed by atoms with Crippen LogP contribution in [-0.2, 0) is 21.3 Å². The monoisotopic (exact) mass is 484 g/mol. The zero-order valence-corrected chi connectivity index (χ0v) is 19.6. The highest BCUT2D eigenvalue weighted by Crippen LogP contribution is 2.32. The first kappa shape index (κ1) is 23.3. The normalized spacial score (nSPS) is 15.8. The van der Waals surface area contributed by atoms with E-state index in [0.717, 1.165) is 18.4 Å². The minimum Gasteiger partial charge on any atom is -0.376 e. The van der Waals surface area contributed by atoms with Gasteiger partial charge in [0.2, 0.25) is 0 Å². The van der Waals surface area contributed by atoms with Crippen LogP contribution in [0.1, 0.15) is 28.8 Å². The van der Waals surface area contributed by atoms with E-state index in [2.05, 4.69) is 5.32 Å². The Morgan fingerprint density at radius 2 is 1.79 bits per heavy atom. The van der Waals surface area contributed by atoms with Crippen molar-refractivity contribution in [3.63, 3.8) is 0 Å². The number of halogens is 1. The topological polar surface area (TPSA) is 75.7 Å². The Hall–Kier alpha value is -2.87. The lowest BCUT2D eigenvalue weighted by Crippen LogP contribution is -2.33. The van der Waals surface area contributed by atoms with Gasteiger partial charge in [-0.1, -0.05) is 60.1 Å². The second kappa shape index (κ2) is 10.4. The molecule has 1 amide bonds. The standard InChI is InChI=1S/C25H25ClN2O4S/c26-23-13-4-5-14-24(23)28(18-19-8-2-1-3-9-19)33(30,31)22-12-6-10-20(16-22)25(29)27-17-21-11-7-15-32-21/h1-6,8-10,12-14,16,21H,7,11,15,17-18H2,(H,27,29)/t21-/m0/s1. The van der Waals surface area contributed by atoms with Gasteiger partial charge in [0, 0.05) is 18.7 Å². The van der Waals surface area contributed by atoms with Crippen molar-refractivity contribution in [2.75, 3.05) is 17.5 Å². The van der Waals surface area contributed by atoms with Gasteiger partial charge in [-0.3, -0.25) is 9.10 Å². The molecule has 8 heteroatoms. The molecule has 1 atom stereocenters. The van der Waals surface area contributed by atoms with E-state index in [4.69, 9.17) is 16.3 Å². The highest BCUT2D eigenvalue weighted by atomic mass is 35.5. The van der Waals surface area contributed by atoms with Crippen molar-refractivity contribution in [3.05, 3.63) is 95.0 Å². The van der Waals surface area contributed by atoms with Gasteiger partial charge in [0.1, 0.15) is 0 Å². The lowest BCUT2D eigenvalue weighted by atomic mass is 10.2. The molecule has 0 radical (unpaired) electrons. The van der Waals surface area contributed by atoms with Crippen LogP contribution in [-0.4, -0.2) is 33.6 Å². The molecule has 3 aromatic rings. The van der Waals surface area contributed by atoms with E-state index in [-0.39, 0.29) is 29.0 Å². The summed E-state index contributed by atoms with van der Waals surface area (Å²) >= 11 is 6.38. The van der Waals surface area contributed by atoms with E-state index in [1.807, 2.05) is 30.3 Å². The molecule has 1 saturated heterocycles. The molecule has 0 aromatic heterocycles. The minimum absolute atomic E-state index is 0.00227. The van der Waals surface area contributed by atoms with Gasteiger partial charge in [-0.2, -0.15) is 0 Å². The van der Waals surface area contributed by atoms with Gasteiger partial charge < -0.3 is 10.1 Å². The van der Waals surface area contributed by atoms with E-state index in [9.17, 15) is 13.2 Å². The second-order valence-corrected chi connectivity index (χ2v) is 10.1. The predicted octanol–water partition coefficient (Wildman–Crippen LogP) is 4.64. The van der Waals surface area contributed by atoms with Gasteiger partial charge >= 0.3 is 0 Å². The average molecular weight is 485 g/mol. The Bertz CT molecular complexity index is 1210. The minimum atomic E-state index is -4.02.